The highest BCUT2D eigenvalue weighted by atomic mass is 19.1. The Morgan fingerprint density at radius 3 is 2.23 bits per heavy atom. The number of benzene rings is 3. The van der Waals surface area contributed by atoms with E-state index in [0.29, 0.717) is 44.0 Å². The van der Waals surface area contributed by atoms with Crippen molar-refractivity contribution in [1.82, 2.24) is 9.88 Å². The van der Waals surface area contributed by atoms with Crippen LogP contribution in [-0.4, -0.2) is 68.7 Å². The molecular formula is C34H35F2N5O6. The summed E-state index contributed by atoms with van der Waals surface area (Å²) < 4.78 is 60.5. The van der Waals surface area contributed by atoms with E-state index in [9.17, 15) is 4.79 Å². The minimum absolute atomic E-state index is 0.0917. The molecule has 0 saturated carbocycles. The van der Waals surface area contributed by atoms with E-state index in [2.05, 4.69) is 9.88 Å². The number of pyridine rings is 1. The molecule has 1 fully saturated rings. The molecule has 2 heterocycles. The van der Waals surface area contributed by atoms with Gasteiger partial charge in [0.15, 0.2) is 0 Å². The van der Waals surface area contributed by atoms with Crippen LogP contribution in [0, 0.1) is 17.0 Å². The van der Waals surface area contributed by atoms with Gasteiger partial charge in [-0.25, -0.2) is 4.79 Å². The summed E-state index contributed by atoms with van der Waals surface area (Å²) in [5.41, 5.74) is 7.46. The Bertz CT molecular complexity index is 1760. The number of nitrogens with one attached hydrogen (secondary N) is 1. The SMILES string of the molecule is CCOC(=O)c1ccc(Oc2c(F)c(Oc3cccc(C(=N)N)c3)nc(Oc3cccc(N(C)C)c3)c2F)c(CN2CCOCC2)c1. The minimum atomic E-state index is -1.24. The van der Waals surface area contributed by atoms with Gasteiger partial charge in [0, 0.05) is 56.6 Å². The zero-order chi connectivity index (χ0) is 33.5. The second-order valence-electron chi connectivity index (χ2n) is 10.8. The maximum Gasteiger partial charge on any atom is 0.338 e. The fourth-order valence-corrected chi connectivity index (χ4v) is 4.74. The summed E-state index contributed by atoms with van der Waals surface area (Å²) in [5, 5.41) is 7.73. The summed E-state index contributed by atoms with van der Waals surface area (Å²) in [5.74, 6) is -4.87. The first kappa shape index (κ1) is 33.1. The number of morpholine rings is 1. The number of nitrogens with zero attached hydrogens (tertiary/aromatic N) is 3. The van der Waals surface area contributed by atoms with E-state index in [1.54, 1.807) is 43.3 Å². The van der Waals surface area contributed by atoms with Gasteiger partial charge in [-0.1, -0.05) is 18.2 Å². The van der Waals surface area contributed by atoms with Crippen molar-refractivity contribution < 1.29 is 37.3 Å². The monoisotopic (exact) mass is 647 g/mol. The summed E-state index contributed by atoms with van der Waals surface area (Å²) >= 11 is 0. The average Bonchev–Trinajstić information content (AvgIpc) is 3.06. The predicted octanol–water partition coefficient (Wildman–Crippen LogP) is 6.10. The van der Waals surface area contributed by atoms with E-state index in [0.717, 1.165) is 5.69 Å². The number of nitrogens with two attached hydrogens (primary N) is 1. The quantitative estimate of drug-likeness (QED) is 0.106. The Balaban J connectivity index is 1.58. The second-order valence-corrected chi connectivity index (χ2v) is 10.8. The van der Waals surface area contributed by atoms with Gasteiger partial charge < -0.3 is 34.3 Å². The molecule has 1 aromatic heterocycles. The molecule has 1 aliphatic heterocycles. The predicted molar refractivity (Wildman–Crippen MR) is 171 cm³/mol. The molecule has 0 amide bonds. The van der Waals surface area contributed by atoms with Crippen LogP contribution in [0.5, 0.6) is 34.8 Å². The van der Waals surface area contributed by atoms with Gasteiger partial charge in [0.25, 0.3) is 11.8 Å². The van der Waals surface area contributed by atoms with Crippen LogP contribution in [0.2, 0.25) is 0 Å². The van der Waals surface area contributed by atoms with Crippen LogP contribution in [0.25, 0.3) is 0 Å². The van der Waals surface area contributed by atoms with Crippen LogP contribution in [0.1, 0.15) is 28.4 Å². The van der Waals surface area contributed by atoms with Crippen molar-refractivity contribution in [1.29, 1.82) is 5.41 Å². The van der Waals surface area contributed by atoms with Crippen LogP contribution in [-0.2, 0) is 16.0 Å². The number of carbonyl (C=O) groups excluding carboxylic acids is 1. The molecule has 0 atom stereocenters. The van der Waals surface area contributed by atoms with Crippen LogP contribution < -0.4 is 24.8 Å². The summed E-state index contributed by atoms with van der Waals surface area (Å²) in [7, 11) is 3.68. The molecule has 0 unspecified atom stereocenters. The molecule has 11 nitrogen and oxygen atoms in total. The summed E-state index contributed by atoms with van der Waals surface area (Å²) in [6.45, 7) is 4.45. The highest BCUT2D eigenvalue weighted by Gasteiger charge is 2.27. The number of carbonyl (C=O) groups is 1. The van der Waals surface area contributed by atoms with Crippen molar-refractivity contribution in [2.75, 3.05) is 51.9 Å². The van der Waals surface area contributed by atoms with E-state index in [4.69, 9.17) is 34.8 Å². The molecule has 3 N–H and O–H groups in total. The number of rotatable bonds is 12. The zero-order valence-electron chi connectivity index (χ0n) is 26.2. The molecule has 246 valence electrons. The number of hydrogen-bond acceptors (Lipinski definition) is 10. The molecule has 1 aliphatic rings. The summed E-state index contributed by atoms with van der Waals surface area (Å²) in [6, 6.07) is 17.4. The third-order valence-electron chi connectivity index (χ3n) is 7.17. The van der Waals surface area contributed by atoms with Gasteiger partial charge in [-0.05, 0) is 49.4 Å². The first-order valence-electron chi connectivity index (χ1n) is 14.9. The molecule has 0 spiro atoms. The Kier molecular flexibility index (Phi) is 10.5. The van der Waals surface area contributed by atoms with E-state index >= 15 is 8.78 Å². The summed E-state index contributed by atoms with van der Waals surface area (Å²) in [6.07, 6.45) is 0. The lowest BCUT2D eigenvalue weighted by Gasteiger charge is -2.27. The van der Waals surface area contributed by atoms with Crippen molar-refractivity contribution in [3.63, 3.8) is 0 Å². The van der Waals surface area contributed by atoms with Crippen LogP contribution in [0.3, 0.4) is 0 Å². The normalized spacial score (nSPS) is 13.1. The molecule has 5 rings (SSSR count). The van der Waals surface area contributed by atoms with Crippen molar-refractivity contribution in [3.05, 3.63) is 95.1 Å². The largest absolute Gasteiger partial charge is 0.462 e. The molecule has 13 heteroatoms. The fraction of sp³-hybridized carbons (Fsp3) is 0.265. The maximum absolute atomic E-state index is 16.2. The molecular weight excluding hydrogens is 612 g/mol. The van der Waals surface area contributed by atoms with Crippen molar-refractivity contribution in [2.45, 2.75) is 13.5 Å². The molecule has 0 aliphatic carbocycles. The lowest BCUT2D eigenvalue weighted by molar-refractivity contribution is 0.0338. The van der Waals surface area contributed by atoms with E-state index in [1.807, 2.05) is 25.1 Å². The van der Waals surface area contributed by atoms with Gasteiger partial charge in [0.2, 0.25) is 17.4 Å². The number of ether oxygens (including phenoxy) is 5. The van der Waals surface area contributed by atoms with Gasteiger partial charge in [0.05, 0.1) is 25.4 Å². The number of amidine groups is 1. The lowest BCUT2D eigenvalue weighted by atomic mass is 10.1. The van der Waals surface area contributed by atoms with Gasteiger partial charge >= 0.3 is 5.97 Å². The first-order valence-corrected chi connectivity index (χ1v) is 14.9. The van der Waals surface area contributed by atoms with Gasteiger partial charge in [0.1, 0.15) is 23.1 Å². The fourth-order valence-electron chi connectivity index (χ4n) is 4.74. The number of aromatic nitrogens is 1. The number of hydrogen-bond donors (Lipinski definition) is 2. The number of halogens is 2. The molecule has 0 radical (unpaired) electrons. The third-order valence-corrected chi connectivity index (χ3v) is 7.17. The number of esters is 1. The van der Waals surface area contributed by atoms with Crippen LogP contribution >= 0.6 is 0 Å². The zero-order valence-corrected chi connectivity index (χ0v) is 26.2. The Morgan fingerprint density at radius 2 is 1.60 bits per heavy atom. The third kappa shape index (κ3) is 8.12. The second kappa shape index (κ2) is 14.9. The van der Waals surface area contributed by atoms with E-state index in [1.165, 1.54) is 24.3 Å². The van der Waals surface area contributed by atoms with Crippen LogP contribution in [0.15, 0.2) is 66.7 Å². The van der Waals surface area contributed by atoms with Gasteiger partial charge in [-0.3, -0.25) is 10.3 Å². The van der Waals surface area contributed by atoms with E-state index in [-0.39, 0.29) is 35.3 Å². The molecule has 3 aromatic carbocycles. The van der Waals surface area contributed by atoms with Crippen molar-refractivity contribution in [2.24, 2.45) is 5.73 Å². The smallest absolute Gasteiger partial charge is 0.338 e. The van der Waals surface area contributed by atoms with Crippen molar-refractivity contribution in [3.8, 4) is 34.8 Å². The van der Waals surface area contributed by atoms with Crippen LogP contribution in [0.4, 0.5) is 14.5 Å². The Hall–Kier alpha value is -5.27. The standard InChI is InChI=1S/C34H35F2N5O6/c1-4-44-34(42)22-11-12-27(23(17-22)20-41-13-15-43-16-14-41)47-30-28(35)32(45-25-9-5-7-21(18-25)31(37)38)39-33(29(30)36)46-26-10-6-8-24(19-26)40(2)3/h5-12,17-19H,4,13-16,20H2,1-3H3,(H3,37,38). The molecule has 4 aromatic rings. The Labute approximate surface area is 270 Å². The van der Waals surface area contributed by atoms with Gasteiger partial charge in [-0.15, -0.1) is 0 Å². The molecule has 47 heavy (non-hydrogen) atoms. The van der Waals surface area contributed by atoms with E-state index < -0.39 is 35.1 Å². The van der Waals surface area contributed by atoms with Gasteiger partial charge in [-0.2, -0.15) is 13.8 Å². The maximum atomic E-state index is 16.2. The molecule has 1 saturated heterocycles. The number of nitrogen functional groups attached to an aromatic ring is 1. The molecule has 0 bridgehead atoms. The lowest BCUT2D eigenvalue weighted by Crippen LogP contribution is -2.35. The minimum Gasteiger partial charge on any atom is -0.462 e. The van der Waals surface area contributed by atoms with Crippen molar-refractivity contribution >= 4 is 17.5 Å². The summed E-state index contributed by atoms with van der Waals surface area (Å²) in [4.78, 5) is 20.5. The number of anilines is 1. The average molecular weight is 648 g/mol. The topological polar surface area (TPSA) is 132 Å². The first-order chi connectivity index (χ1) is 22.6. The highest BCUT2D eigenvalue weighted by molar-refractivity contribution is 5.95. The highest BCUT2D eigenvalue weighted by Crippen LogP contribution is 2.41. The Morgan fingerprint density at radius 1 is 0.936 bits per heavy atom.